The summed E-state index contributed by atoms with van der Waals surface area (Å²) in [6.45, 7) is 0.346. The maximum atomic E-state index is 14.0. The van der Waals surface area contributed by atoms with Crippen molar-refractivity contribution in [1.29, 1.82) is 0 Å². The molecular formula is C21H18FNO3. The Morgan fingerprint density at radius 1 is 1.04 bits per heavy atom. The summed E-state index contributed by atoms with van der Waals surface area (Å²) in [5.74, 6) is -0.0471. The highest BCUT2D eigenvalue weighted by molar-refractivity contribution is 5.87. The Hall–Kier alpha value is -2.95. The fraction of sp³-hybridized carbons (Fsp3) is 0.238. The molecule has 0 spiro atoms. The molecule has 0 aliphatic heterocycles. The minimum atomic E-state index is -0.825. The van der Waals surface area contributed by atoms with Gasteiger partial charge in [0.15, 0.2) is 0 Å². The summed E-state index contributed by atoms with van der Waals surface area (Å²) in [4.78, 5) is 16.7. The van der Waals surface area contributed by atoms with E-state index in [4.69, 9.17) is 9.47 Å². The summed E-state index contributed by atoms with van der Waals surface area (Å²) in [5, 5.41) is 0.909. The molecule has 4 nitrogen and oxygen atoms in total. The number of benzene rings is 2. The lowest BCUT2D eigenvalue weighted by atomic mass is 9.95. The molecule has 132 valence electrons. The van der Waals surface area contributed by atoms with E-state index in [1.54, 1.807) is 30.5 Å². The number of rotatable bonds is 6. The standard InChI is InChI=1S/C21H18FNO3/c22-17-7-3-2-6-16(17)21(10-11-21)20(24)26-14-13-25-19-9-12-23-18-8-4-1-5-15(18)19/h1-9,12H,10-11,13-14H2. The van der Waals surface area contributed by atoms with E-state index >= 15 is 0 Å². The number of hydrogen-bond donors (Lipinski definition) is 0. The summed E-state index contributed by atoms with van der Waals surface area (Å²) in [6, 6.07) is 15.8. The normalized spacial score (nSPS) is 14.8. The lowest BCUT2D eigenvalue weighted by molar-refractivity contribution is -0.147. The van der Waals surface area contributed by atoms with Crippen molar-refractivity contribution in [2.24, 2.45) is 0 Å². The average Bonchev–Trinajstić information content (AvgIpc) is 3.47. The van der Waals surface area contributed by atoms with E-state index in [1.807, 2.05) is 24.3 Å². The molecule has 1 aliphatic rings. The zero-order valence-electron chi connectivity index (χ0n) is 14.2. The molecule has 1 heterocycles. The number of pyridine rings is 1. The van der Waals surface area contributed by atoms with Crippen LogP contribution in [0.5, 0.6) is 5.75 Å². The molecule has 0 atom stereocenters. The summed E-state index contributed by atoms with van der Waals surface area (Å²) in [5.41, 5.74) is 0.443. The van der Waals surface area contributed by atoms with Crippen LogP contribution in [-0.4, -0.2) is 24.2 Å². The zero-order chi connectivity index (χ0) is 18.0. The second-order valence-electron chi connectivity index (χ2n) is 6.37. The van der Waals surface area contributed by atoms with Crippen LogP contribution in [0, 0.1) is 5.82 Å². The van der Waals surface area contributed by atoms with Crippen molar-refractivity contribution < 1.29 is 18.7 Å². The molecule has 2 aromatic carbocycles. The summed E-state index contributed by atoms with van der Waals surface area (Å²) >= 11 is 0. The number of carbonyl (C=O) groups excluding carboxylic acids is 1. The highest BCUT2D eigenvalue weighted by Crippen LogP contribution is 2.50. The molecular weight excluding hydrogens is 333 g/mol. The van der Waals surface area contributed by atoms with Crippen LogP contribution in [0.4, 0.5) is 4.39 Å². The number of aromatic nitrogens is 1. The van der Waals surface area contributed by atoms with E-state index in [1.165, 1.54) is 6.07 Å². The van der Waals surface area contributed by atoms with Gasteiger partial charge in [-0.1, -0.05) is 30.3 Å². The van der Waals surface area contributed by atoms with E-state index < -0.39 is 5.41 Å². The van der Waals surface area contributed by atoms with E-state index in [9.17, 15) is 9.18 Å². The Morgan fingerprint density at radius 2 is 1.81 bits per heavy atom. The third-order valence-electron chi connectivity index (χ3n) is 4.71. The highest BCUT2D eigenvalue weighted by Gasteiger charge is 2.54. The number of para-hydroxylation sites is 1. The number of halogens is 1. The Labute approximate surface area is 150 Å². The number of esters is 1. The first-order valence-electron chi connectivity index (χ1n) is 8.59. The molecule has 5 heteroatoms. The third-order valence-corrected chi connectivity index (χ3v) is 4.71. The Balaban J connectivity index is 1.36. The van der Waals surface area contributed by atoms with Crippen molar-refractivity contribution in [3.05, 3.63) is 72.2 Å². The van der Waals surface area contributed by atoms with Gasteiger partial charge in [0.1, 0.15) is 24.8 Å². The molecule has 0 radical (unpaired) electrons. The van der Waals surface area contributed by atoms with Gasteiger partial charge in [-0.2, -0.15) is 0 Å². The molecule has 3 aromatic rings. The van der Waals surface area contributed by atoms with Crippen LogP contribution >= 0.6 is 0 Å². The first kappa shape index (κ1) is 16.5. The van der Waals surface area contributed by atoms with Crippen molar-refractivity contribution in [2.75, 3.05) is 13.2 Å². The summed E-state index contributed by atoms with van der Waals surface area (Å²) < 4.78 is 25.1. The van der Waals surface area contributed by atoms with Crippen LogP contribution in [0.25, 0.3) is 10.9 Å². The van der Waals surface area contributed by atoms with Crippen molar-refractivity contribution in [3.8, 4) is 5.75 Å². The van der Waals surface area contributed by atoms with Gasteiger partial charge in [-0.3, -0.25) is 9.78 Å². The van der Waals surface area contributed by atoms with Crippen molar-refractivity contribution >= 4 is 16.9 Å². The van der Waals surface area contributed by atoms with E-state index in [0.29, 0.717) is 24.2 Å². The van der Waals surface area contributed by atoms with Crippen LogP contribution < -0.4 is 4.74 Å². The van der Waals surface area contributed by atoms with Crippen LogP contribution in [0.15, 0.2) is 60.8 Å². The van der Waals surface area contributed by atoms with Crippen molar-refractivity contribution in [2.45, 2.75) is 18.3 Å². The van der Waals surface area contributed by atoms with Gasteiger partial charge in [-0.05, 0) is 37.1 Å². The van der Waals surface area contributed by atoms with Gasteiger partial charge in [0.2, 0.25) is 0 Å². The largest absolute Gasteiger partial charge is 0.489 e. The average molecular weight is 351 g/mol. The lowest BCUT2D eigenvalue weighted by Crippen LogP contribution is -2.26. The van der Waals surface area contributed by atoms with Crippen LogP contribution in [0.2, 0.25) is 0 Å². The molecule has 0 bridgehead atoms. The number of ether oxygens (including phenoxy) is 2. The van der Waals surface area contributed by atoms with Crippen LogP contribution in [0.1, 0.15) is 18.4 Å². The second kappa shape index (κ2) is 6.75. The molecule has 1 aromatic heterocycles. The first-order chi connectivity index (χ1) is 12.7. The monoisotopic (exact) mass is 351 g/mol. The predicted octanol–water partition coefficient (Wildman–Crippen LogP) is 4.03. The molecule has 0 unspecified atom stereocenters. The number of nitrogens with zero attached hydrogens (tertiary/aromatic N) is 1. The van der Waals surface area contributed by atoms with Crippen LogP contribution in [0.3, 0.4) is 0 Å². The van der Waals surface area contributed by atoms with Gasteiger partial charge in [0.05, 0.1) is 10.9 Å². The van der Waals surface area contributed by atoms with E-state index in [0.717, 1.165) is 10.9 Å². The predicted molar refractivity (Wildman–Crippen MR) is 95.5 cm³/mol. The Kier molecular flexibility index (Phi) is 4.29. The number of hydrogen-bond acceptors (Lipinski definition) is 4. The van der Waals surface area contributed by atoms with E-state index in [2.05, 4.69) is 4.98 Å². The molecule has 0 amide bonds. The SMILES string of the molecule is O=C(OCCOc1ccnc2ccccc12)C1(c2ccccc2F)CC1. The second-order valence-corrected chi connectivity index (χ2v) is 6.37. The topological polar surface area (TPSA) is 48.4 Å². The highest BCUT2D eigenvalue weighted by atomic mass is 19.1. The Morgan fingerprint density at radius 3 is 2.62 bits per heavy atom. The van der Waals surface area contributed by atoms with Gasteiger partial charge in [0.25, 0.3) is 0 Å². The molecule has 1 fully saturated rings. The van der Waals surface area contributed by atoms with Crippen molar-refractivity contribution in [3.63, 3.8) is 0 Å². The van der Waals surface area contributed by atoms with Crippen molar-refractivity contribution in [1.82, 2.24) is 4.98 Å². The molecule has 1 aliphatic carbocycles. The van der Waals surface area contributed by atoms with Crippen LogP contribution in [-0.2, 0) is 14.9 Å². The molecule has 1 saturated carbocycles. The number of carbonyl (C=O) groups is 1. The maximum absolute atomic E-state index is 14.0. The molecule has 4 rings (SSSR count). The fourth-order valence-corrected chi connectivity index (χ4v) is 3.18. The minimum absolute atomic E-state index is 0.117. The van der Waals surface area contributed by atoms with E-state index in [-0.39, 0.29) is 25.0 Å². The zero-order valence-corrected chi connectivity index (χ0v) is 14.2. The van der Waals surface area contributed by atoms with Gasteiger partial charge < -0.3 is 9.47 Å². The lowest BCUT2D eigenvalue weighted by Gasteiger charge is -2.16. The third kappa shape index (κ3) is 3.01. The summed E-state index contributed by atoms with van der Waals surface area (Å²) in [6.07, 6.45) is 2.91. The fourth-order valence-electron chi connectivity index (χ4n) is 3.18. The van der Waals surface area contributed by atoms with Gasteiger partial charge in [-0.15, -0.1) is 0 Å². The minimum Gasteiger partial charge on any atom is -0.489 e. The molecule has 0 saturated heterocycles. The first-order valence-corrected chi connectivity index (χ1v) is 8.59. The number of fused-ring (bicyclic) bond motifs is 1. The smallest absolute Gasteiger partial charge is 0.316 e. The maximum Gasteiger partial charge on any atom is 0.316 e. The molecule has 26 heavy (non-hydrogen) atoms. The molecule has 0 N–H and O–H groups in total. The Bertz CT molecular complexity index is 947. The summed E-state index contributed by atoms with van der Waals surface area (Å²) in [7, 11) is 0. The van der Waals surface area contributed by atoms with Gasteiger partial charge >= 0.3 is 5.97 Å². The quantitative estimate of drug-likeness (QED) is 0.497. The van der Waals surface area contributed by atoms with Gasteiger partial charge in [-0.25, -0.2) is 4.39 Å². The van der Waals surface area contributed by atoms with Gasteiger partial charge in [0, 0.05) is 17.1 Å².